The average molecular weight is 522 g/mol. The molecular weight excluding hydrogens is 478 g/mol. The number of carbonyl (C=O) groups is 4. The fourth-order valence-electron chi connectivity index (χ4n) is 3.61. The Labute approximate surface area is 220 Å². The van der Waals surface area contributed by atoms with Crippen LogP contribution in [-0.2, 0) is 23.9 Å². The van der Waals surface area contributed by atoms with E-state index in [-0.39, 0.29) is 47.7 Å². The molecule has 2 unspecified atom stereocenters. The first-order chi connectivity index (χ1) is 16.8. The van der Waals surface area contributed by atoms with Gasteiger partial charge in [0.25, 0.3) is 0 Å². The van der Waals surface area contributed by atoms with E-state index in [4.69, 9.17) is 19.9 Å². The summed E-state index contributed by atoms with van der Waals surface area (Å²) in [6, 6.07) is 3.17. The molecule has 0 heterocycles. The van der Waals surface area contributed by atoms with Crippen LogP contribution in [0, 0.1) is 22.7 Å². The van der Waals surface area contributed by atoms with E-state index in [9.17, 15) is 24.3 Å². The second kappa shape index (κ2) is 13.0. The van der Waals surface area contributed by atoms with Gasteiger partial charge in [0.2, 0.25) is 0 Å². The maximum Gasteiger partial charge on any atom is 0.321 e. The number of benzene rings is 1. The Morgan fingerprint density at radius 2 is 1.35 bits per heavy atom. The van der Waals surface area contributed by atoms with Crippen LogP contribution in [0.25, 0.3) is 0 Å². The molecule has 0 saturated heterocycles. The molecule has 1 aromatic carbocycles. The van der Waals surface area contributed by atoms with Gasteiger partial charge in [0.05, 0.1) is 25.4 Å². The minimum atomic E-state index is -1.33. The molecule has 37 heavy (non-hydrogen) atoms. The highest BCUT2D eigenvalue weighted by Gasteiger charge is 2.33. The first-order valence-corrected chi connectivity index (χ1v) is 12.5. The molecule has 9 heteroatoms. The van der Waals surface area contributed by atoms with E-state index in [0.29, 0.717) is 5.56 Å². The molecule has 3 N–H and O–H groups in total. The molecule has 3 atom stereocenters. The van der Waals surface area contributed by atoms with E-state index in [1.807, 2.05) is 41.5 Å². The molecule has 9 nitrogen and oxygen atoms in total. The lowest BCUT2D eigenvalue weighted by Gasteiger charge is -2.28. The summed E-state index contributed by atoms with van der Waals surface area (Å²) in [6.45, 7) is 16.4. The quantitative estimate of drug-likeness (QED) is 0.313. The number of esters is 3. The monoisotopic (exact) mass is 521 g/mol. The molecule has 0 saturated carbocycles. The number of aliphatic carboxylic acids is 1. The van der Waals surface area contributed by atoms with Crippen LogP contribution < -0.4 is 15.2 Å². The van der Waals surface area contributed by atoms with Crippen LogP contribution >= 0.6 is 0 Å². The maximum atomic E-state index is 12.7. The highest BCUT2D eigenvalue weighted by Crippen LogP contribution is 2.37. The predicted molar refractivity (Wildman–Crippen MR) is 139 cm³/mol. The number of hydrogen-bond donors (Lipinski definition) is 2. The number of nitrogens with two attached hydrogens (primary N) is 1. The zero-order valence-corrected chi connectivity index (χ0v) is 23.5. The van der Waals surface area contributed by atoms with Crippen molar-refractivity contribution in [2.24, 2.45) is 28.4 Å². The lowest BCUT2D eigenvalue weighted by atomic mass is 9.82. The van der Waals surface area contributed by atoms with Crippen LogP contribution in [0.4, 0.5) is 0 Å². The van der Waals surface area contributed by atoms with Gasteiger partial charge < -0.3 is 25.1 Å². The highest BCUT2D eigenvalue weighted by molar-refractivity contribution is 5.78. The topological polar surface area (TPSA) is 142 Å². The van der Waals surface area contributed by atoms with E-state index in [2.05, 4.69) is 0 Å². The summed E-state index contributed by atoms with van der Waals surface area (Å²) in [5.74, 6) is -4.26. The largest absolute Gasteiger partial charge is 0.480 e. The van der Waals surface area contributed by atoms with Crippen LogP contribution in [0.15, 0.2) is 18.2 Å². The number of rotatable bonds is 11. The average Bonchev–Trinajstić information content (AvgIpc) is 2.70. The van der Waals surface area contributed by atoms with E-state index in [0.717, 1.165) is 0 Å². The maximum absolute atomic E-state index is 12.7. The zero-order chi connectivity index (χ0) is 28.7. The summed E-state index contributed by atoms with van der Waals surface area (Å²) >= 11 is 0. The summed E-state index contributed by atoms with van der Waals surface area (Å²) in [5, 5.41) is 9.66. The van der Waals surface area contributed by atoms with Crippen LogP contribution in [0.3, 0.4) is 0 Å². The van der Waals surface area contributed by atoms with Gasteiger partial charge in [-0.15, -0.1) is 0 Å². The molecule has 0 aromatic heterocycles. The van der Waals surface area contributed by atoms with Crippen molar-refractivity contribution in [2.45, 2.75) is 87.1 Å². The van der Waals surface area contributed by atoms with E-state index in [1.54, 1.807) is 26.8 Å². The summed E-state index contributed by atoms with van der Waals surface area (Å²) in [4.78, 5) is 49.0. The van der Waals surface area contributed by atoms with Crippen molar-refractivity contribution in [1.82, 2.24) is 0 Å². The number of carbonyl (C=O) groups excluding carboxylic acids is 3. The van der Waals surface area contributed by atoms with E-state index >= 15 is 0 Å². The minimum absolute atomic E-state index is 0.0111. The lowest BCUT2D eigenvalue weighted by molar-refractivity contribution is -0.149. The number of ether oxygens (including phenoxy) is 3. The second-order valence-corrected chi connectivity index (χ2v) is 12.3. The zero-order valence-electron chi connectivity index (χ0n) is 23.5. The van der Waals surface area contributed by atoms with Crippen molar-refractivity contribution in [3.8, 4) is 11.5 Å². The van der Waals surface area contributed by atoms with Crippen molar-refractivity contribution < 1.29 is 38.5 Å². The molecule has 0 aliphatic heterocycles. The smallest absolute Gasteiger partial charge is 0.321 e. The molecule has 0 fully saturated rings. The van der Waals surface area contributed by atoms with Gasteiger partial charge in [0.1, 0.15) is 6.04 Å². The standard InChI is InChI=1S/C28H43NO8/c1-16(2)26(34)35-15-17(3)23(24(29)25(32)33)18-10-11-19(36-21(30)13-27(4,5)6)20(12-18)37-22(31)14-28(7,8)9/h10-12,16-17,23-24H,13-15,29H2,1-9H3,(H,32,33)/t17?,23?,24-/m0/s1. The first-order valence-electron chi connectivity index (χ1n) is 12.5. The number of carboxylic acids is 1. The van der Waals surface area contributed by atoms with Gasteiger partial charge in [0, 0.05) is 5.92 Å². The Kier molecular flexibility index (Phi) is 11.3. The number of carboxylic acid groups (broad SMARTS) is 1. The summed E-state index contributed by atoms with van der Waals surface area (Å²) in [7, 11) is 0. The fraction of sp³-hybridized carbons (Fsp3) is 0.643. The van der Waals surface area contributed by atoms with Crippen molar-refractivity contribution >= 4 is 23.9 Å². The van der Waals surface area contributed by atoms with Crippen LogP contribution in [0.5, 0.6) is 11.5 Å². The molecule has 208 valence electrons. The molecule has 1 aromatic rings. The molecule has 0 amide bonds. The highest BCUT2D eigenvalue weighted by atomic mass is 16.6. The van der Waals surface area contributed by atoms with Gasteiger partial charge in [-0.1, -0.05) is 68.4 Å². The van der Waals surface area contributed by atoms with Crippen molar-refractivity contribution in [3.63, 3.8) is 0 Å². The third-order valence-corrected chi connectivity index (χ3v) is 5.39. The third-order valence-electron chi connectivity index (χ3n) is 5.39. The van der Waals surface area contributed by atoms with Gasteiger partial charge in [-0.25, -0.2) is 0 Å². The minimum Gasteiger partial charge on any atom is -0.480 e. The van der Waals surface area contributed by atoms with Crippen LogP contribution in [0.2, 0.25) is 0 Å². The van der Waals surface area contributed by atoms with Gasteiger partial charge in [0.15, 0.2) is 11.5 Å². The summed E-state index contributed by atoms with van der Waals surface area (Å²) in [6.07, 6.45) is 0.237. The molecule has 1 rings (SSSR count). The molecular formula is C28H43NO8. The van der Waals surface area contributed by atoms with Gasteiger partial charge in [-0.3, -0.25) is 19.2 Å². The van der Waals surface area contributed by atoms with E-state index < -0.39 is 41.8 Å². The second-order valence-electron chi connectivity index (χ2n) is 12.3. The Morgan fingerprint density at radius 1 is 0.865 bits per heavy atom. The molecule has 0 aliphatic carbocycles. The molecule has 0 aliphatic rings. The van der Waals surface area contributed by atoms with Gasteiger partial charge >= 0.3 is 23.9 Å². The Hall–Kier alpha value is -2.94. The van der Waals surface area contributed by atoms with Crippen LogP contribution in [-0.4, -0.2) is 41.6 Å². The van der Waals surface area contributed by atoms with Gasteiger partial charge in [-0.2, -0.15) is 0 Å². The predicted octanol–water partition coefficient (Wildman–Crippen LogP) is 4.70. The summed E-state index contributed by atoms with van der Waals surface area (Å²) < 4.78 is 16.5. The third kappa shape index (κ3) is 11.3. The molecule has 0 bridgehead atoms. The van der Waals surface area contributed by atoms with E-state index in [1.165, 1.54) is 12.1 Å². The Morgan fingerprint density at radius 3 is 1.78 bits per heavy atom. The fourth-order valence-corrected chi connectivity index (χ4v) is 3.61. The van der Waals surface area contributed by atoms with Crippen molar-refractivity contribution in [2.75, 3.05) is 6.61 Å². The Balaban J connectivity index is 3.44. The number of hydrogen-bond acceptors (Lipinski definition) is 8. The SMILES string of the molecule is CC(C)C(=O)OCC(C)C(c1ccc(OC(=O)CC(C)(C)C)c(OC(=O)CC(C)(C)C)c1)[C@H](N)C(=O)O. The normalized spacial score (nSPS) is 14.5. The van der Waals surface area contributed by atoms with Crippen LogP contribution in [0.1, 0.15) is 86.6 Å². The van der Waals surface area contributed by atoms with Gasteiger partial charge in [-0.05, 0) is 34.4 Å². The molecule has 0 radical (unpaired) electrons. The Bertz CT molecular complexity index is 971. The van der Waals surface area contributed by atoms with Crippen molar-refractivity contribution in [3.05, 3.63) is 23.8 Å². The lowest BCUT2D eigenvalue weighted by Crippen LogP contribution is -2.40. The molecule has 0 spiro atoms. The summed E-state index contributed by atoms with van der Waals surface area (Å²) in [5.41, 5.74) is 5.83. The van der Waals surface area contributed by atoms with Crippen molar-refractivity contribution in [1.29, 1.82) is 0 Å². The first kappa shape index (κ1) is 32.1.